The molecule has 2 N–H and O–H groups in total. The second kappa shape index (κ2) is 5.01. The van der Waals surface area contributed by atoms with Gasteiger partial charge < -0.3 is 10.6 Å². The number of aryl methyl sites for hydroxylation is 1. The van der Waals surface area contributed by atoms with E-state index in [-0.39, 0.29) is 11.6 Å². The van der Waals surface area contributed by atoms with Crippen molar-refractivity contribution in [2.24, 2.45) is 0 Å². The highest BCUT2D eigenvalue weighted by atomic mass is 16.2. The van der Waals surface area contributed by atoms with Gasteiger partial charge in [-0.25, -0.2) is 4.79 Å². The Morgan fingerprint density at radius 3 is 2.25 bits per heavy atom. The molecule has 1 aromatic rings. The number of carbonyl (C=O) groups is 1. The van der Waals surface area contributed by atoms with Crippen LogP contribution in [-0.4, -0.2) is 11.6 Å². The predicted octanol–water partition coefficient (Wildman–Crippen LogP) is 2.59. The summed E-state index contributed by atoms with van der Waals surface area (Å²) in [5, 5.41) is 5.68. The number of rotatable bonds is 2. The largest absolute Gasteiger partial charge is 0.334 e. The van der Waals surface area contributed by atoms with Crippen LogP contribution in [0.15, 0.2) is 24.3 Å². The van der Waals surface area contributed by atoms with Crippen molar-refractivity contribution in [1.29, 1.82) is 0 Å². The third kappa shape index (κ3) is 4.82. The van der Waals surface area contributed by atoms with Crippen LogP contribution in [0.5, 0.6) is 0 Å². The van der Waals surface area contributed by atoms with Crippen LogP contribution in [0.25, 0.3) is 0 Å². The first kappa shape index (κ1) is 12.6. The van der Waals surface area contributed by atoms with Crippen LogP contribution in [-0.2, 0) is 6.54 Å². The lowest BCUT2D eigenvalue weighted by atomic mass is 10.1. The lowest BCUT2D eigenvalue weighted by Gasteiger charge is -2.20. The first-order valence-electron chi connectivity index (χ1n) is 5.48. The minimum absolute atomic E-state index is 0.131. The molecular formula is C13H20N2O. The third-order valence-electron chi connectivity index (χ3n) is 2.06. The fourth-order valence-electron chi connectivity index (χ4n) is 1.27. The van der Waals surface area contributed by atoms with E-state index in [1.165, 1.54) is 5.56 Å². The summed E-state index contributed by atoms with van der Waals surface area (Å²) >= 11 is 0. The van der Waals surface area contributed by atoms with Gasteiger partial charge in [-0.05, 0) is 33.3 Å². The fraction of sp³-hybridized carbons (Fsp3) is 0.462. The molecule has 0 unspecified atom stereocenters. The Bertz CT molecular complexity index is 349. The molecule has 2 amide bonds. The molecule has 0 atom stereocenters. The van der Waals surface area contributed by atoms with Gasteiger partial charge in [0.15, 0.2) is 0 Å². The molecule has 3 nitrogen and oxygen atoms in total. The second-order valence-corrected chi connectivity index (χ2v) is 5.04. The molecule has 1 aromatic carbocycles. The normalized spacial score (nSPS) is 11.0. The van der Waals surface area contributed by atoms with Crippen molar-refractivity contribution in [1.82, 2.24) is 10.6 Å². The van der Waals surface area contributed by atoms with E-state index in [4.69, 9.17) is 0 Å². The van der Waals surface area contributed by atoms with Crippen molar-refractivity contribution >= 4 is 6.03 Å². The average Bonchev–Trinajstić information content (AvgIpc) is 2.14. The van der Waals surface area contributed by atoms with Crippen LogP contribution in [0.3, 0.4) is 0 Å². The van der Waals surface area contributed by atoms with E-state index in [1.807, 2.05) is 52.0 Å². The zero-order valence-corrected chi connectivity index (χ0v) is 10.4. The van der Waals surface area contributed by atoms with Gasteiger partial charge in [-0.2, -0.15) is 0 Å². The summed E-state index contributed by atoms with van der Waals surface area (Å²) in [5.41, 5.74) is 2.13. The minimum Gasteiger partial charge on any atom is -0.334 e. The molecule has 0 heterocycles. The average molecular weight is 220 g/mol. The van der Waals surface area contributed by atoms with Gasteiger partial charge in [0.1, 0.15) is 0 Å². The maximum atomic E-state index is 11.5. The van der Waals surface area contributed by atoms with E-state index in [1.54, 1.807) is 0 Å². The summed E-state index contributed by atoms with van der Waals surface area (Å²) in [5.74, 6) is 0. The standard InChI is InChI=1S/C13H20N2O/c1-10-5-7-11(8-6-10)9-14-12(16)15-13(2,3)4/h5-8H,9H2,1-4H3,(H2,14,15,16). The summed E-state index contributed by atoms with van der Waals surface area (Å²) < 4.78 is 0. The molecule has 3 heteroatoms. The van der Waals surface area contributed by atoms with Crippen molar-refractivity contribution < 1.29 is 4.79 Å². The fourth-order valence-corrected chi connectivity index (χ4v) is 1.27. The summed E-state index contributed by atoms with van der Waals surface area (Å²) in [7, 11) is 0. The molecule has 0 aliphatic heterocycles. The van der Waals surface area contributed by atoms with Crippen molar-refractivity contribution in [3.8, 4) is 0 Å². The Hall–Kier alpha value is -1.51. The van der Waals surface area contributed by atoms with Crippen LogP contribution in [0, 0.1) is 6.92 Å². The molecule has 88 valence electrons. The maximum absolute atomic E-state index is 11.5. The van der Waals surface area contributed by atoms with Crippen LogP contribution in [0.2, 0.25) is 0 Å². The lowest BCUT2D eigenvalue weighted by Crippen LogP contribution is -2.46. The second-order valence-electron chi connectivity index (χ2n) is 5.04. The maximum Gasteiger partial charge on any atom is 0.315 e. The highest BCUT2D eigenvalue weighted by Crippen LogP contribution is 2.03. The Kier molecular flexibility index (Phi) is 3.93. The number of nitrogens with one attached hydrogen (secondary N) is 2. The predicted molar refractivity (Wildman–Crippen MR) is 66.3 cm³/mol. The molecule has 0 bridgehead atoms. The Morgan fingerprint density at radius 1 is 1.19 bits per heavy atom. The monoisotopic (exact) mass is 220 g/mol. The molecule has 0 aromatic heterocycles. The zero-order valence-electron chi connectivity index (χ0n) is 10.4. The topological polar surface area (TPSA) is 41.1 Å². The van der Waals surface area contributed by atoms with Crippen LogP contribution in [0.4, 0.5) is 4.79 Å². The number of hydrogen-bond acceptors (Lipinski definition) is 1. The summed E-state index contributed by atoms with van der Waals surface area (Å²) in [6.07, 6.45) is 0. The molecule has 0 fully saturated rings. The van der Waals surface area contributed by atoms with Gasteiger partial charge in [0.2, 0.25) is 0 Å². The highest BCUT2D eigenvalue weighted by molar-refractivity contribution is 5.74. The molecular weight excluding hydrogens is 200 g/mol. The van der Waals surface area contributed by atoms with Gasteiger partial charge in [0.25, 0.3) is 0 Å². The molecule has 0 aliphatic rings. The van der Waals surface area contributed by atoms with Gasteiger partial charge in [-0.3, -0.25) is 0 Å². The van der Waals surface area contributed by atoms with Gasteiger partial charge in [0, 0.05) is 12.1 Å². The Balaban J connectivity index is 2.40. The number of hydrogen-bond donors (Lipinski definition) is 2. The van der Waals surface area contributed by atoms with E-state index in [2.05, 4.69) is 10.6 Å². The van der Waals surface area contributed by atoms with Crippen molar-refractivity contribution in [2.75, 3.05) is 0 Å². The van der Waals surface area contributed by atoms with E-state index in [0.29, 0.717) is 6.54 Å². The molecule has 16 heavy (non-hydrogen) atoms. The summed E-state index contributed by atoms with van der Waals surface area (Å²) in [4.78, 5) is 11.5. The number of carbonyl (C=O) groups excluding carboxylic acids is 1. The first-order valence-corrected chi connectivity index (χ1v) is 5.48. The van der Waals surface area contributed by atoms with E-state index in [0.717, 1.165) is 5.56 Å². The van der Waals surface area contributed by atoms with E-state index >= 15 is 0 Å². The summed E-state index contributed by atoms with van der Waals surface area (Å²) in [6, 6.07) is 7.99. The third-order valence-corrected chi connectivity index (χ3v) is 2.06. The van der Waals surface area contributed by atoms with Crippen molar-refractivity contribution in [3.05, 3.63) is 35.4 Å². The molecule has 1 rings (SSSR count). The van der Waals surface area contributed by atoms with Gasteiger partial charge >= 0.3 is 6.03 Å². The van der Waals surface area contributed by atoms with Gasteiger partial charge in [-0.15, -0.1) is 0 Å². The molecule has 0 aliphatic carbocycles. The van der Waals surface area contributed by atoms with Crippen molar-refractivity contribution in [3.63, 3.8) is 0 Å². The van der Waals surface area contributed by atoms with Crippen LogP contribution in [0.1, 0.15) is 31.9 Å². The Morgan fingerprint density at radius 2 is 1.75 bits per heavy atom. The van der Waals surface area contributed by atoms with Gasteiger partial charge in [0.05, 0.1) is 0 Å². The van der Waals surface area contributed by atoms with Gasteiger partial charge in [-0.1, -0.05) is 29.8 Å². The van der Waals surface area contributed by atoms with Crippen molar-refractivity contribution in [2.45, 2.75) is 39.8 Å². The lowest BCUT2D eigenvalue weighted by molar-refractivity contribution is 0.231. The van der Waals surface area contributed by atoms with Crippen LogP contribution < -0.4 is 10.6 Å². The summed E-state index contributed by atoms with van der Waals surface area (Å²) in [6.45, 7) is 8.47. The zero-order chi connectivity index (χ0) is 12.2. The minimum atomic E-state index is -0.197. The number of urea groups is 1. The smallest absolute Gasteiger partial charge is 0.315 e. The SMILES string of the molecule is Cc1ccc(CNC(=O)NC(C)(C)C)cc1. The highest BCUT2D eigenvalue weighted by Gasteiger charge is 2.12. The Labute approximate surface area is 97.2 Å². The van der Waals surface area contributed by atoms with E-state index in [9.17, 15) is 4.79 Å². The molecule has 0 radical (unpaired) electrons. The number of amides is 2. The number of benzene rings is 1. The van der Waals surface area contributed by atoms with E-state index < -0.39 is 0 Å². The quantitative estimate of drug-likeness (QED) is 0.790. The first-order chi connectivity index (χ1) is 7.37. The molecule has 0 spiro atoms. The molecule has 0 saturated heterocycles. The molecule has 0 saturated carbocycles. The van der Waals surface area contributed by atoms with Crippen LogP contribution >= 0.6 is 0 Å².